The molecule has 0 fully saturated rings. The van der Waals surface area contributed by atoms with Gasteiger partial charge in [0.2, 0.25) is 5.13 Å². The number of aromatic nitrogens is 2. The monoisotopic (exact) mass is 397 g/mol. The van der Waals surface area contributed by atoms with E-state index in [1.807, 2.05) is 0 Å². The van der Waals surface area contributed by atoms with E-state index < -0.39 is 10.0 Å². The molecule has 0 radical (unpaired) electrons. The maximum atomic E-state index is 12.0. The first-order chi connectivity index (χ1) is 7.99. The molecule has 0 saturated heterocycles. The standard InChI is InChI=1S/C8H5Br2N3O2S2/c9-5-1-2-7(6(10)3-5)17(14,15)13-8-12-11-4-16-8/h1-4H,(H,12,13). The number of nitrogens with zero attached hydrogens (tertiary/aromatic N) is 2. The highest BCUT2D eigenvalue weighted by Gasteiger charge is 2.19. The summed E-state index contributed by atoms with van der Waals surface area (Å²) in [5.74, 6) is 0. The van der Waals surface area contributed by atoms with Crippen LogP contribution in [0.5, 0.6) is 0 Å². The molecule has 17 heavy (non-hydrogen) atoms. The Kier molecular flexibility index (Phi) is 3.81. The fourth-order valence-electron chi connectivity index (χ4n) is 1.08. The van der Waals surface area contributed by atoms with Crippen LogP contribution in [0.3, 0.4) is 0 Å². The van der Waals surface area contributed by atoms with Gasteiger partial charge < -0.3 is 0 Å². The molecule has 0 unspecified atom stereocenters. The quantitative estimate of drug-likeness (QED) is 0.862. The summed E-state index contributed by atoms with van der Waals surface area (Å²) in [5, 5.41) is 7.42. The van der Waals surface area contributed by atoms with E-state index in [4.69, 9.17) is 0 Å². The Hall–Kier alpha value is -0.510. The van der Waals surface area contributed by atoms with Crippen LogP contribution < -0.4 is 4.72 Å². The fourth-order valence-corrected chi connectivity index (χ4v) is 4.52. The summed E-state index contributed by atoms with van der Waals surface area (Å²) in [4.78, 5) is 0.149. The molecule has 0 amide bonds. The molecule has 2 rings (SSSR count). The van der Waals surface area contributed by atoms with Gasteiger partial charge in [0.1, 0.15) is 10.4 Å². The third kappa shape index (κ3) is 3.03. The number of rotatable bonds is 3. The average Bonchev–Trinajstić information content (AvgIpc) is 2.68. The average molecular weight is 399 g/mol. The highest BCUT2D eigenvalue weighted by molar-refractivity contribution is 9.11. The number of nitrogens with one attached hydrogen (secondary N) is 1. The van der Waals surface area contributed by atoms with Crippen LogP contribution in [0.4, 0.5) is 5.13 Å². The Bertz CT molecular complexity index is 628. The zero-order valence-electron chi connectivity index (χ0n) is 8.09. The van der Waals surface area contributed by atoms with Crippen molar-refractivity contribution in [2.24, 2.45) is 0 Å². The van der Waals surface area contributed by atoms with Crippen molar-refractivity contribution in [1.82, 2.24) is 10.2 Å². The van der Waals surface area contributed by atoms with Crippen LogP contribution in [-0.4, -0.2) is 18.6 Å². The van der Waals surface area contributed by atoms with Crippen LogP contribution in [0.2, 0.25) is 0 Å². The minimum absolute atomic E-state index is 0.149. The van der Waals surface area contributed by atoms with Gasteiger partial charge in [-0.3, -0.25) is 4.72 Å². The topological polar surface area (TPSA) is 72.0 Å². The van der Waals surface area contributed by atoms with E-state index in [9.17, 15) is 8.42 Å². The third-order valence-electron chi connectivity index (χ3n) is 1.77. The predicted octanol–water partition coefficient (Wildman–Crippen LogP) is 2.86. The number of anilines is 1. The van der Waals surface area contributed by atoms with Gasteiger partial charge in [0.15, 0.2) is 0 Å². The molecule has 0 aliphatic rings. The van der Waals surface area contributed by atoms with Gasteiger partial charge in [-0.25, -0.2) is 8.42 Å². The van der Waals surface area contributed by atoms with Gasteiger partial charge in [-0.2, -0.15) is 0 Å². The maximum Gasteiger partial charge on any atom is 0.264 e. The lowest BCUT2D eigenvalue weighted by Gasteiger charge is -2.06. The van der Waals surface area contributed by atoms with E-state index in [1.165, 1.54) is 11.6 Å². The van der Waals surface area contributed by atoms with E-state index >= 15 is 0 Å². The number of benzene rings is 1. The molecule has 1 N–H and O–H groups in total. The Morgan fingerprint density at radius 1 is 1.29 bits per heavy atom. The second kappa shape index (κ2) is 5.01. The normalized spacial score (nSPS) is 11.4. The minimum Gasteiger partial charge on any atom is -0.253 e. The first kappa shape index (κ1) is 12.9. The molecule has 0 saturated carbocycles. The van der Waals surface area contributed by atoms with Gasteiger partial charge >= 0.3 is 0 Å². The Morgan fingerprint density at radius 2 is 2.06 bits per heavy atom. The van der Waals surface area contributed by atoms with Crippen LogP contribution in [0.1, 0.15) is 0 Å². The number of halogens is 2. The molecular formula is C8H5Br2N3O2S2. The SMILES string of the molecule is O=S(=O)(Nc1nncs1)c1ccc(Br)cc1Br. The van der Waals surface area contributed by atoms with E-state index in [2.05, 4.69) is 46.8 Å². The van der Waals surface area contributed by atoms with Gasteiger partial charge in [0, 0.05) is 8.95 Å². The van der Waals surface area contributed by atoms with Crippen LogP contribution in [0.15, 0.2) is 37.6 Å². The van der Waals surface area contributed by atoms with Crippen LogP contribution in [0.25, 0.3) is 0 Å². The van der Waals surface area contributed by atoms with E-state index in [1.54, 1.807) is 12.1 Å². The first-order valence-corrected chi connectivity index (χ1v) is 8.18. The summed E-state index contributed by atoms with van der Waals surface area (Å²) >= 11 is 7.58. The second-order valence-corrected chi connectivity index (χ2v) is 7.18. The summed E-state index contributed by atoms with van der Waals surface area (Å²) in [5.41, 5.74) is 1.45. The first-order valence-electron chi connectivity index (χ1n) is 4.23. The van der Waals surface area contributed by atoms with Crippen molar-refractivity contribution in [3.8, 4) is 0 Å². The molecule has 1 aromatic heterocycles. The predicted molar refractivity (Wildman–Crippen MR) is 72.6 cm³/mol. The fraction of sp³-hybridized carbons (Fsp3) is 0. The lowest BCUT2D eigenvalue weighted by molar-refractivity contribution is 0.600. The molecule has 2 aromatic rings. The van der Waals surface area contributed by atoms with Crippen molar-refractivity contribution in [3.63, 3.8) is 0 Å². The maximum absolute atomic E-state index is 12.0. The Morgan fingerprint density at radius 3 is 2.65 bits per heavy atom. The summed E-state index contributed by atoms with van der Waals surface area (Å²) in [6, 6.07) is 4.81. The summed E-state index contributed by atoms with van der Waals surface area (Å²) in [6.45, 7) is 0. The van der Waals surface area contributed by atoms with E-state index in [-0.39, 0.29) is 10.0 Å². The van der Waals surface area contributed by atoms with Gasteiger partial charge in [-0.05, 0) is 34.1 Å². The Labute approximate surface area is 119 Å². The van der Waals surface area contributed by atoms with Gasteiger partial charge in [0.25, 0.3) is 10.0 Å². The van der Waals surface area contributed by atoms with Crippen LogP contribution >= 0.6 is 43.2 Å². The zero-order chi connectivity index (χ0) is 12.5. The summed E-state index contributed by atoms with van der Waals surface area (Å²) in [6.07, 6.45) is 0. The van der Waals surface area contributed by atoms with E-state index in [0.29, 0.717) is 4.47 Å². The van der Waals surface area contributed by atoms with Gasteiger partial charge in [0.05, 0.1) is 0 Å². The van der Waals surface area contributed by atoms with Crippen molar-refractivity contribution in [2.75, 3.05) is 4.72 Å². The molecule has 5 nitrogen and oxygen atoms in total. The molecule has 0 aliphatic heterocycles. The van der Waals surface area contributed by atoms with Crippen molar-refractivity contribution in [3.05, 3.63) is 32.7 Å². The molecule has 9 heteroatoms. The lowest BCUT2D eigenvalue weighted by Crippen LogP contribution is -2.13. The highest BCUT2D eigenvalue weighted by Crippen LogP contribution is 2.27. The van der Waals surface area contributed by atoms with Crippen molar-refractivity contribution < 1.29 is 8.42 Å². The molecular weight excluding hydrogens is 394 g/mol. The smallest absolute Gasteiger partial charge is 0.253 e. The molecule has 1 aromatic carbocycles. The number of sulfonamides is 1. The van der Waals surface area contributed by atoms with Crippen molar-refractivity contribution in [2.45, 2.75) is 4.90 Å². The summed E-state index contributed by atoms with van der Waals surface area (Å²) in [7, 11) is -3.64. The van der Waals surface area contributed by atoms with Crippen molar-refractivity contribution in [1.29, 1.82) is 0 Å². The number of hydrogen-bond donors (Lipinski definition) is 1. The van der Waals surface area contributed by atoms with Crippen molar-refractivity contribution >= 4 is 58.4 Å². The van der Waals surface area contributed by atoms with Crippen LogP contribution in [0, 0.1) is 0 Å². The minimum atomic E-state index is -3.64. The lowest BCUT2D eigenvalue weighted by atomic mass is 10.4. The highest BCUT2D eigenvalue weighted by atomic mass is 79.9. The number of hydrogen-bond acceptors (Lipinski definition) is 5. The van der Waals surface area contributed by atoms with Crippen LogP contribution in [-0.2, 0) is 10.0 Å². The summed E-state index contributed by atoms with van der Waals surface area (Å²) < 4.78 is 27.6. The molecule has 0 aliphatic carbocycles. The molecule has 1 heterocycles. The molecule has 90 valence electrons. The largest absolute Gasteiger partial charge is 0.264 e. The molecule has 0 spiro atoms. The Balaban J connectivity index is 2.38. The second-order valence-electron chi connectivity index (χ2n) is 2.92. The van der Waals surface area contributed by atoms with Gasteiger partial charge in [-0.15, -0.1) is 10.2 Å². The van der Waals surface area contributed by atoms with Gasteiger partial charge in [-0.1, -0.05) is 27.3 Å². The van der Waals surface area contributed by atoms with E-state index in [0.717, 1.165) is 15.8 Å². The third-order valence-corrected chi connectivity index (χ3v) is 5.31. The zero-order valence-corrected chi connectivity index (χ0v) is 12.9. The molecule has 0 atom stereocenters. The molecule has 0 bridgehead atoms.